The SMILES string of the molecule is CC(C)(C)OC(=O)N1CCCC1C(=O)Nc1ccc(N2CCSCC2)c(Cl)c1. The topological polar surface area (TPSA) is 61.9 Å². The largest absolute Gasteiger partial charge is 0.444 e. The van der Waals surface area contributed by atoms with Gasteiger partial charge in [0.1, 0.15) is 11.6 Å². The van der Waals surface area contributed by atoms with Gasteiger partial charge in [0.15, 0.2) is 0 Å². The van der Waals surface area contributed by atoms with Crippen LogP contribution in [0.3, 0.4) is 0 Å². The molecule has 154 valence electrons. The summed E-state index contributed by atoms with van der Waals surface area (Å²) in [5, 5.41) is 3.53. The minimum atomic E-state index is -0.586. The summed E-state index contributed by atoms with van der Waals surface area (Å²) in [6.07, 6.45) is 0.966. The minimum absolute atomic E-state index is 0.207. The molecule has 28 heavy (non-hydrogen) atoms. The number of anilines is 2. The minimum Gasteiger partial charge on any atom is -0.444 e. The van der Waals surface area contributed by atoms with E-state index in [1.807, 2.05) is 44.7 Å². The molecule has 2 amide bonds. The lowest BCUT2D eigenvalue weighted by Gasteiger charge is -2.29. The molecule has 2 heterocycles. The number of nitrogens with one attached hydrogen (secondary N) is 1. The molecule has 2 aliphatic rings. The lowest BCUT2D eigenvalue weighted by atomic mass is 10.2. The molecular formula is C20H28ClN3O3S. The van der Waals surface area contributed by atoms with Gasteiger partial charge in [-0.2, -0.15) is 11.8 Å². The Morgan fingerprint density at radius 3 is 2.57 bits per heavy atom. The van der Waals surface area contributed by atoms with Crippen molar-refractivity contribution in [2.75, 3.05) is 41.4 Å². The number of carbonyl (C=O) groups excluding carboxylic acids is 2. The Bertz CT molecular complexity index is 732. The van der Waals surface area contributed by atoms with E-state index in [2.05, 4.69) is 10.2 Å². The van der Waals surface area contributed by atoms with Crippen LogP contribution in [0.25, 0.3) is 0 Å². The zero-order chi connectivity index (χ0) is 20.3. The van der Waals surface area contributed by atoms with Crippen LogP contribution in [0.1, 0.15) is 33.6 Å². The Morgan fingerprint density at radius 1 is 1.21 bits per heavy atom. The van der Waals surface area contributed by atoms with Gasteiger partial charge in [0, 0.05) is 36.8 Å². The van der Waals surface area contributed by atoms with E-state index in [-0.39, 0.29) is 5.91 Å². The average molecular weight is 426 g/mol. The molecule has 0 bridgehead atoms. The zero-order valence-corrected chi connectivity index (χ0v) is 18.2. The highest BCUT2D eigenvalue weighted by molar-refractivity contribution is 7.99. The smallest absolute Gasteiger partial charge is 0.410 e. The van der Waals surface area contributed by atoms with E-state index in [4.69, 9.17) is 16.3 Å². The fourth-order valence-electron chi connectivity index (χ4n) is 3.45. The molecule has 2 fully saturated rings. The quantitative estimate of drug-likeness (QED) is 0.785. The van der Waals surface area contributed by atoms with Crippen molar-refractivity contribution in [2.45, 2.75) is 45.3 Å². The Hall–Kier alpha value is -1.60. The van der Waals surface area contributed by atoms with E-state index in [0.29, 0.717) is 23.7 Å². The zero-order valence-electron chi connectivity index (χ0n) is 16.7. The van der Waals surface area contributed by atoms with E-state index in [0.717, 1.165) is 36.7 Å². The van der Waals surface area contributed by atoms with Crippen molar-refractivity contribution in [2.24, 2.45) is 0 Å². The van der Waals surface area contributed by atoms with E-state index in [1.54, 1.807) is 6.07 Å². The van der Waals surface area contributed by atoms with Gasteiger partial charge in [0.25, 0.3) is 0 Å². The summed E-state index contributed by atoms with van der Waals surface area (Å²) in [5.41, 5.74) is 1.05. The van der Waals surface area contributed by atoms with Gasteiger partial charge in [0.05, 0.1) is 10.7 Å². The maximum atomic E-state index is 12.8. The van der Waals surface area contributed by atoms with Crippen LogP contribution in [0.5, 0.6) is 0 Å². The Balaban J connectivity index is 1.65. The third-order valence-corrected chi connectivity index (χ3v) is 6.00. The number of ether oxygens (including phenoxy) is 1. The van der Waals surface area contributed by atoms with Gasteiger partial charge in [0.2, 0.25) is 5.91 Å². The van der Waals surface area contributed by atoms with Crippen LogP contribution in [0.4, 0.5) is 16.2 Å². The molecule has 0 aliphatic carbocycles. The molecule has 0 aromatic heterocycles. The first kappa shape index (κ1) is 21.1. The molecule has 1 atom stereocenters. The number of rotatable bonds is 3. The summed E-state index contributed by atoms with van der Waals surface area (Å²) in [6, 6.07) is 5.08. The number of benzene rings is 1. The van der Waals surface area contributed by atoms with E-state index in [1.165, 1.54) is 4.90 Å². The van der Waals surface area contributed by atoms with Crippen LogP contribution in [0.15, 0.2) is 18.2 Å². The molecule has 0 spiro atoms. The van der Waals surface area contributed by atoms with Crippen LogP contribution in [-0.4, -0.2) is 59.7 Å². The van der Waals surface area contributed by atoms with E-state index in [9.17, 15) is 9.59 Å². The molecule has 8 heteroatoms. The molecule has 2 saturated heterocycles. The first-order valence-corrected chi connectivity index (χ1v) is 11.2. The second-order valence-corrected chi connectivity index (χ2v) is 9.72. The van der Waals surface area contributed by atoms with Crippen molar-refractivity contribution >= 4 is 46.7 Å². The first-order valence-electron chi connectivity index (χ1n) is 9.67. The molecule has 1 N–H and O–H groups in total. The predicted octanol–water partition coefficient (Wildman–Crippen LogP) is 4.23. The van der Waals surface area contributed by atoms with Gasteiger partial charge in [-0.15, -0.1) is 0 Å². The molecule has 1 aromatic carbocycles. The van der Waals surface area contributed by atoms with Crippen LogP contribution in [-0.2, 0) is 9.53 Å². The predicted molar refractivity (Wildman–Crippen MR) is 116 cm³/mol. The normalized spacial score (nSPS) is 20.2. The van der Waals surface area contributed by atoms with Crippen LogP contribution < -0.4 is 10.2 Å². The van der Waals surface area contributed by atoms with Crippen LogP contribution in [0.2, 0.25) is 5.02 Å². The molecule has 6 nitrogen and oxygen atoms in total. The molecule has 0 radical (unpaired) electrons. The average Bonchev–Trinajstić information content (AvgIpc) is 3.11. The number of carbonyl (C=O) groups is 2. The van der Waals surface area contributed by atoms with E-state index < -0.39 is 17.7 Å². The van der Waals surface area contributed by atoms with Crippen LogP contribution >= 0.6 is 23.4 Å². The summed E-state index contributed by atoms with van der Waals surface area (Å²) >= 11 is 8.42. The number of hydrogen-bond donors (Lipinski definition) is 1. The standard InChI is InChI=1S/C20H28ClN3O3S/c1-20(2,3)27-19(26)24-8-4-5-17(24)18(25)22-14-6-7-16(15(21)13-14)23-9-11-28-12-10-23/h6-7,13,17H,4-5,8-12H2,1-3H3,(H,22,25). The third-order valence-electron chi connectivity index (χ3n) is 4.75. The number of halogens is 1. The molecule has 0 saturated carbocycles. The second-order valence-electron chi connectivity index (χ2n) is 8.09. The number of nitrogens with zero attached hydrogens (tertiary/aromatic N) is 2. The van der Waals surface area contributed by atoms with Crippen molar-refractivity contribution in [1.82, 2.24) is 4.90 Å². The lowest BCUT2D eigenvalue weighted by Crippen LogP contribution is -2.45. The van der Waals surface area contributed by atoms with Gasteiger partial charge in [-0.3, -0.25) is 9.69 Å². The Morgan fingerprint density at radius 2 is 1.93 bits per heavy atom. The molecule has 2 aliphatic heterocycles. The highest BCUT2D eigenvalue weighted by Crippen LogP contribution is 2.31. The van der Waals surface area contributed by atoms with Crippen molar-refractivity contribution in [3.05, 3.63) is 23.2 Å². The highest BCUT2D eigenvalue weighted by Gasteiger charge is 2.36. The summed E-state index contributed by atoms with van der Waals surface area (Å²) in [7, 11) is 0. The summed E-state index contributed by atoms with van der Waals surface area (Å²) < 4.78 is 5.43. The highest BCUT2D eigenvalue weighted by atomic mass is 35.5. The molecular weight excluding hydrogens is 398 g/mol. The fourth-order valence-corrected chi connectivity index (χ4v) is 4.65. The van der Waals surface area contributed by atoms with Crippen LogP contribution in [0, 0.1) is 0 Å². The monoisotopic (exact) mass is 425 g/mol. The summed E-state index contributed by atoms with van der Waals surface area (Å²) in [6.45, 7) is 7.94. The van der Waals surface area contributed by atoms with Crippen molar-refractivity contribution < 1.29 is 14.3 Å². The number of thioether (sulfide) groups is 1. The summed E-state index contributed by atoms with van der Waals surface area (Å²) in [5.74, 6) is 1.98. The van der Waals surface area contributed by atoms with Crippen molar-refractivity contribution in [1.29, 1.82) is 0 Å². The van der Waals surface area contributed by atoms with Crippen molar-refractivity contribution in [3.8, 4) is 0 Å². The van der Waals surface area contributed by atoms with Gasteiger partial charge < -0.3 is 15.0 Å². The molecule has 1 aromatic rings. The molecule has 3 rings (SSSR count). The van der Waals surface area contributed by atoms with Crippen molar-refractivity contribution in [3.63, 3.8) is 0 Å². The maximum absolute atomic E-state index is 12.8. The number of amides is 2. The van der Waals surface area contributed by atoms with Gasteiger partial charge in [-0.25, -0.2) is 4.79 Å². The van der Waals surface area contributed by atoms with E-state index >= 15 is 0 Å². The van der Waals surface area contributed by atoms with Gasteiger partial charge >= 0.3 is 6.09 Å². The maximum Gasteiger partial charge on any atom is 0.410 e. The Kier molecular flexibility index (Phi) is 6.65. The Labute approximate surface area is 175 Å². The molecule has 1 unspecified atom stereocenters. The first-order chi connectivity index (χ1) is 13.2. The van der Waals surface area contributed by atoms with Gasteiger partial charge in [-0.05, 0) is 51.8 Å². The lowest BCUT2D eigenvalue weighted by molar-refractivity contribution is -0.120. The number of likely N-dealkylation sites (tertiary alicyclic amines) is 1. The fraction of sp³-hybridized carbons (Fsp3) is 0.600. The summed E-state index contributed by atoms with van der Waals surface area (Å²) in [4.78, 5) is 29.0. The third kappa shape index (κ3) is 5.26. The van der Waals surface area contributed by atoms with Gasteiger partial charge in [-0.1, -0.05) is 11.6 Å². The number of hydrogen-bond acceptors (Lipinski definition) is 5. The second kappa shape index (κ2) is 8.82.